The van der Waals surface area contributed by atoms with Crippen LogP contribution in [0.2, 0.25) is 0 Å². The van der Waals surface area contributed by atoms with Crippen molar-refractivity contribution in [2.75, 3.05) is 12.8 Å². The van der Waals surface area contributed by atoms with Crippen LogP contribution >= 0.6 is 0 Å². The van der Waals surface area contributed by atoms with E-state index in [0.717, 1.165) is 17.7 Å². The van der Waals surface area contributed by atoms with Crippen LogP contribution in [0.3, 0.4) is 0 Å². The molecule has 0 radical (unpaired) electrons. The summed E-state index contributed by atoms with van der Waals surface area (Å²) in [6.07, 6.45) is -0.194. The highest BCUT2D eigenvalue weighted by molar-refractivity contribution is 7.93. The zero-order valence-corrected chi connectivity index (χ0v) is 20.2. The average molecular weight is 494 g/mol. The molecule has 2 aromatic heterocycles. The van der Waals surface area contributed by atoms with Gasteiger partial charge in [0.05, 0.1) is 16.8 Å². The Kier molecular flexibility index (Phi) is 5.45. The largest absolute Gasteiger partial charge is 0.382 e. The van der Waals surface area contributed by atoms with Crippen molar-refractivity contribution in [2.45, 2.75) is 36.2 Å². The van der Waals surface area contributed by atoms with Crippen molar-refractivity contribution >= 4 is 15.7 Å². The van der Waals surface area contributed by atoms with Crippen molar-refractivity contribution in [1.82, 2.24) is 20.4 Å². The third-order valence-electron chi connectivity index (χ3n) is 6.35. The van der Waals surface area contributed by atoms with E-state index >= 15 is 4.39 Å². The quantitative estimate of drug-likeness (QED) is 0.421. The number of hydrogen-bond donors (Lipinski definition) is 2. The molecule has 35 heavy (non-hydrogen) atoms. The van der Waals surface area contributed by atoms with E-state index in [2.05, 4.69) is 20.4 Å². The van der Waals surface area contributed by atoms with Crippen LogP contribution in [0.1, 0.15) is 31.1 Å². The zero-order chi connectivity index (χ0) is 25.0. The number of halogens is 1. The minimum absolute atomic E-state index is 0.00277. The van der Waals surface area contributed by atoms with Crippen molar-refractivity contribution in [3.63, 3.8) is 0 Å². The second kappa shape index (κ2) is 8.24. The molecule has 8 nitrogen and oxygen atoms in total. The van der Waals surface area contributed by atoms with Gasteiger partial charge in [0.1, 0.15) is 16.6 Å². The van der Waals surface area contributed by atoms with Crippen LogP contribution in [-0.2, 0) is 16.4 Å². The Labute approximate surface area is 202 Å². The summed E-state index contributed by atoms with van der Waals surface area (Å²) >= 11 is 0. The van der Waals surface area contributed by atoms with Gasteiger partial charge in [-0.05, 0) is 38.6 Å². The van der Waals surface area contributed by atoms with E-state index < -0.39 is 20.8 Å². The molecule has 0 aliphatic carbocycles. The number of rotatable bonds is 5. The van der Waals surface area contributed by atoms with Gasteiger partial charge in [-0.25, -0.2) is 22.8 Å². The summed E-state index contributed by atoms with van der Waals surface area (Å²) in [5, 5.41) is 7.24. The highest BCUT2D eigenvalue weighted by atomic mass is 32.2. The lowest BCUT2D eigenvalue weighted by molar-refractivity contribution is 0.284. The minimum Gasteiger partial charge on any atom is -0.382 e. The number of hydrogen-bond acceptors (Lipinski definition) is 8. The van der Waals surface area contributed by atoms with Crippen LogP contribution in [0.5, 0.6) is 0 Å². The fraction of sp³-hybridized carbons (Fsp3) is 0.240. The van der Waals surface area contributed by atoms with Crippen LogP contribution in [0.25, 0.3) is 34.0 Å². The lowest BCUT2D eigenvalue weighted by Crippen LogP contribution is -2.30. The highest BCUT2D eigenvalue weighted by Crippen LogP contribution is 2.49. The Bertz CT molecular complexity index is 1530. The molecule has 0 saturated carbocycles. The average Bonchev–Trinajstić information content (AvgIpc) is 3.38. The molecular weight excluding hydrogens is 469 g/mol. The lowest BCUT2D eigenvalue weighted by Gasteiger charge is -2.19. The van der Waals surface area contributed by atoms with Gasteiger partial charge in [0.2, 0.25) is 0 Å². The van der Waals surface area contributed by atoms with Crippen LogP contribution in [0, 0.1) is 0 Å². The molecule has 4 aromatic rings. The normalized spacial score (nSPS) is 17.9. The molecule has 1 aliphatic rings. The number of sulfone groups is 1. The molecule has 0 spiro atoms. The number of benzene rings is 2. The first kappa shape index (κ1) is 23.1. The third-order valence-corrected chi connectivity index (χ3v) is 8.89. The lowest BCUT2D eigenvalue weighted by atomic mass is 9.98. The van der Waals surface area contributed by atoms with E-state index in [4.69, 9.17) is 10.3 Å². The monoisotopic (exact) mass is 493 g/mol. The zero-order valence-electron chi connectivity index (χ0n) is 19.4. The van der Waals surface area contributed by atoms with Gasteiger partial charge < -0.3 is 15.6 Å². The summed E-state index contributed by atoms with van der Waals surface area (Å²) in [6.45, 7) is 3.55. The van der Waals surface area contributed by atoms with Crippen molar-refractivity contribution in [3.8, 4) is 34.0 Å². The van der Waals surface area contributed by atoms with Crippen molar-refractivity contribution in [2.24, 2.45) is 0 Å². The van der Waals surface area contributed by atoms with Gasteiger partial charge in [0.25, 0.3) is 0 Å². The summed E-state index contributed by atoms with van der Waals surface area (Å²) in [6, 6.07) is 14.2. The number of nitrogens with zero attached hydrogens (tertiary/aromatic N) is 3. The number of nitrogen functional groups attached to an aromatic ring is 1. The van der Waals surface area contributed by atoms with E-state index in [1.807, 2.05) is 31.3 Å². The summed E-state index contributed by atoms with van der Waals surface area (Å²) in [5.74, 6) is 0.480. The van der Waals surface area contributed by atoms with Crippen molar-refractivity contribution in [3.05, 3.63) is 65.9 Å². The Hall–Kier alpha value is -3.63. The Morgan fingerprint density at radius 3 is 2.51 bits per heavy atom. The molecule has 3 heterocycles. The van der Waals surface area contributed by atoms with Crippen LogP contribution in [-0.4, -0.2) is 35.3 Å². The molecule has 3 N–H and O–H groups in total. The smallest absolute Gasteiger partial charge is 0.189 e. The molecule has 0 bridgehead atoms. The van der Waals surface area contributed by atoms with Gasteiger partial charge in [0.15, 0.2) is 27.1 Å². The van der Waals surface area contributed by atoms with E-state index in [-0.39, 0.29) is 16.3 Å². The maximum Gasteiger partial charge on any atom is 0.189 e. The van der Waals surface area contributed by atoms with E-state index in [0.29, 0.717) is 28.4 Å². The number of anilines is 1. The van der Waals surface area contributed by atoms with E-state index in [9.17, 15) is 8.42 Å². The molecule has 2 aromatic carbocycles. The molecule has 0 saturated heterocycles. The first-order valence-electron chi connectivity index (χ1n) is 11.0. The van der Waals surface area contributed by atoms with Crippen molar-refractivity contribution in [1.29, 1.82) is 0 Å². The van der Waals surface area contributed by atoms with Gasteiger partial charge >= 0.3 is 0 Å². The predicted molar refractivity (Wildman–Crippen MR) is 131 cm³/mol. The summed E-state index contributed by atoms with van der Waals surface area (Å²) in [5.41, 5.74) is 10.0. The fourth-order valence-electron chi connectivity index (χ4n) is 4.18. The minimum atomic E-state index is -3.78. The second-order valence-electron chi connectivity index (χ2n) is 9.01. The maximum atomic E-state index is 15.1. The molecule has 180 valence electrons. The van der Waals surface area contributed by atoms with Crippen LogP contribution in [0.4, 0.5) is 10.2 Å². The van der Waals surface area contributed by atoms with Crippen LogP contribution in [0.15, 0.2) is 64.1 Å². The van der Waals surface area contributed by atoms with Crippen LogP contribution < -0.4 is 11.1 Å². The fourth-order valence-corrected chi connectivity index (χ4v) is 5.87. The third kappa shape index (κ3) is 3.69. The van der Waals surface area contributed by atoms with Gasteiger partial charge in [-0.15, -0.1) is 0 Å². The Balaban J connectivity index is 1.50. The summed E-state index contributed by atoms with van der Waals surface area (Å²) in [7, 11) is -1.89. The number of nitrogens with one attached hydrogen (secondary N) is 1. The molecular formula is C25H24FN5O3S. The van der Waals surface area contributed by atoms with E-state index in [1.165, 1.54) is 32.2 Å². The molecule has 5 rings (SSSR count). The first-order chi connectivity index (χ1) is 16.6. The van der Waals surface area contributed by atoms with E-state index in [1.54, 1.807) is 12.1 Å². The molecule has 1 aliphatic heterocycles. The molecule has 0 amide bonds. The summed E-state index contributed by atoms with van der Waals surface area (Å²) < 4.78 is 44.5. The Morgan fingerprint density at radius 1 is 1.09 bits per heavy atom. The SMILES string of the molecule is CNCc1ccc(-c2cc(-c3nc(-c4ccc5c(c4)[C@H](F)C(C)(C)S5(=O)=O)cnc3N)on2)cc1. The number of alkyl halides is 1. The summed E-state index contributed by atoms with van der Waals surface area (Å²) in [4.78, 5) is 8.81. The highest BCUT2D eigenvalue weighted by Gasteiger charge is 2.52. The molecule has 1 atom stereocenters. The second-order valence-corrected chi connectivity index (χ2v) is 11.5. The standard InChI is InChI=1S/C25H24FN5O3S/c1-25(2)23(26)17-10-16(8-9-21(17)35(25,32)33)19-13-29-24(27)22(30-19)20-11-18(31-34-20)15-6-4-14(5-7-15)12-28-3/h4-11,13,23,28H,12H2,1-3H3,(H2,27,29)/t23-/m0/s1. The number of aromatic nitrogens is 3. The van der Waals surface area contributed by atoms with Gasteiger partial charge in [-0.3, -0.25) is 0 Å². The number of fused-ring (bicyclic) bond motifs is 1. The van der Waals surface area contributed by atoms with Crippen molar-refractivity contribution < 1.29 is 17.3 Å². The maximum absolute atomic E-state index is 15.1. The van der Waals surface area contributed by atoms with Gasteiger partial charge in [0, 0.05) is 29.3 Å². The molecule has 0 fully saturated rings. The van der Waals surface area contributed by atoms with Gasteiger partial charge in [-0.1, -0.05) is 35.5 Å². The predicted octanol–water partition coefficient (Wildman–Crippen LogP) is 4.34. The molecule has 10 heteroatoms. The number of nitrogens with two attached hydrogens (primary N) is 1. The Morgan fingerprint density at radius 2 is 1.80 bits per heavy atom. The first-order valence-corrected chi connectivity index (χ1v) is 12.5. The van der Waals surface area contributed by atoms with Gasteiger partial charge in [-0.2, -0.15) is 0 Å². The topological polar surface area (TPSA) is 124 Å². The molecule has 0 unspecified atom stereocenters.